The fourth-order valence-corrected chi connectivity index (χ4v) is 3.02. The Morgan fingerprint density at radius 1 is 1.33 bits per heavy atom. The standard InChI is InChI=1S/C13H19Cl2N3/c1-2-9-6-4-3-5-7-18(9)13-11(15)8-10(14)12(16)17-13/h8-9H,2-7H2,1H3,(H2,16,17). The third kappa shape index (κ3) is 2.83. The van der Waals surface area contributed by atoms with Crippen LogP contribution in [-0.2, 0) is 0 Å². The number of nitrogens with two attached hydrogens (primary N) is 1. The van der Waals surface area contributed by atoms with Crippen LogP contribution in [-0.4, -0.2) is 17.6 Å². The minimum Gasteiger partial charge on any atom is -0.382 e. The summed E-state index contributed by atoms with van der Waals surface area (Å²) in [5.41, 5.74) is 5.79. The number of rotatable bonds is 2. The van der Waals surface area contributed by atoms with E-state index < -0.39 is 0 Å². The van der Waals surface area contributed by atoms with Crippen molar-refractivity contribution in [3.63, 3.8) is 0 Å². The number of pyridine rings is 1. The zero-order chi connectivity index (χ0) is 13.1. The second kappa shape index (κ2) is 5.98. The average Bonchev–Trinajstić information content (AvgIpc) is 2.58. The van der Waals surface area contributed by atoms with E-state index in [1.807, 2.05) is 0 Å². The molecule has 5 heteroatoms. The Morgan fingerprint density at radius 3 is 2.83 bits per heavy atom. The Labute approximate surface area is 118 Å². The quantitative estimate of drug-likeness (QED) is 0.889. The van der Waals surface area contributed by atoms with Crippen molar-refractivity contribution in [3.05, 3.63) is 16.1 Å². The van der Waals surface area contributed by atoms with Gasteiger partial charge in [0, 0.05) is 12.6 Å². The van der Waals surface area contributed by atoms with Gasteiger partial charge in [-0.3, -0.25) is 0 Å². The molecule has 0 aliphatic carbocycles. The fraction of sp³-hybridized carbons (Fsp3) is 0.615. The molecule has 1 aromatic rings. The Bertz CT molecular complexity index is 423. The van der Waals surface area contributed by atoms with Crippen LogP contribution in [0.3, 0.4) is 0 Å². The summed E-state index contributed by atoms with van der Waals surface area (Å²) in [6, 6.07) is 2.19. The Hall–Kier alpha value is -0.670. The van der Waals surface area contributed by atoms with Crippen LogP contribution in [0, 0.1) is 0 Å². The molecule has 18 heavy (non-hydrogen) atoms. The van der Waals surface area contributed by atoms with Crippen LogP contribution in [0.25, 0.3) is 0 Å². The highest BCUT2D eigenvalue weighted by molar-refractivity contribution is 6.37. The van der Waals surface area contributed by atoms with Gasteiger partial charge in [0.25, 0.3) is 0 Å². The zero-order valence-electron chi connectivity index (χ0n) is 10.6. The molecule has 2 heterocycles. The second-order valence-electron chi connectivity index (χ2n) is 4.77. The molecule has 100 valence electrons. The summed E-state index contributed by atoms with van der Waals surface area (Å²) in [7, 11) is 0. The van der Waals surface area contributed by atoms with Crippen molar-refractivity contribution >= 4 is 34.8 Å². The maximum absolute atomic E-state index is 6.27. The lowest BCUT2D eigenvalue weighted by atomic mass is 10.1. The highest BCUT2D eigenvalue weighted by atomic mass is 35.5. The van der Waals surface area contributed by atoms with Gasteiger partial charge in [-0.25, -0.2) is 4.98 Å². The van der Waals surface area contributed by atoms with Gasteiger partial charge in [-0.2, -0.15) is 0 Å². The average molecular weight is 288 g/mol. The van der Waals surface area contributed by atoms with E-state index in [9.17, 15) is 0 Å². The highest BCUT2D eigenvalue weighted by Crippen LogP contribution is 2.33. The van der Waals surface area contributed by atoms with Crippen molar-refractivity contribution in [3.8, 4) is 0 Å². The highest BCUT2D eigenvalue weighted by Gasteiger charge is 2.23. The molecule has 1 unspecified atom stereocenters. The monoisotopic (exact) mass is 287 g/mol. The van der Waals surface area contributed by atoms with Crippen molar-refractivity contribution in [1.29, 1.82) is 0 Å². The summed E-state index contributed by atoms with van der Waals surface area (Å²) in [6.45, 7) is 3.20. The molecule has 1 atom stereocenters. The van der Waals surface area contributed by atoms with E-state index in [1.54, 1.807) is 6.07 Å². The van der Waals surface area contributed by atoms with Gasteiger partial charge in [-0.1, -0.05) is 43.0 Å². The second-order valence-corrected chi connectivity index (χ2v) is 5.58. The van der Waals surface area contributed by atoms with E-state index in [-0.39, 0.29) is 0 Å². The number of hydrogen-bond donors (Lipinski definition) is 1. The molecule has 1 aliphatic heterocycles. The first kappa shape index (κ1) is 13.8. The molecule has 1 aliphatic rings. The molecule has 3 nitrogen and oxygen atoms in total. The summed E-state index contributed by atoms with van der Waals surface area (Å²) >= 11 is 12.2. The molecular weight excluding hydrogens is 269 g/mol. The number of nitrogen functional groups attached to an aromatic ring is 1. The van der Waals surface area contributed by atoms with Crippen LogP contribution in [0.5, 0.6) is 0 Å². The molecule has 2 N–H and O–H groups in total. The maximum Gasteiger partial charge on any atom is 0.150 e. The van der Waals surface area contributed by atoms with Crippen LogP contribution >= 0.6 is 23.2 Å². The Morgan fingerprint density at radius 2 is 2.11 bits per heavy atom. The molecule has 1 saturated heterocycles. The summed E-state index contributed by atoms with van der Waals surface area (Å²) in [6.07, 6.45) is 6.01. The third-order valence-electron chi connectivity index (χ3n) is 3.56. The maximum atomic E-state index is 6.27. The predicted octanol–water partition coefficient (Wildman–Crippen LogP) is 4.13. The topological polar surface area (TPSA) is 42.2 Å². The van der Waals surface area contributed by atoms with Gasteiger partial charge >= 0.3 is 0 Å². The van der Waals surface area contributed by atoms with Crippen LogP contribution in [0.2, 0.25) is 10.0 Å². The molecule has 0 radical (unpaired) electrons. The molecule has 1 aromatic heterocycles. The van der Waals surface area contributed by atoms with E-state index in [0.717, 1.165) is 18.8 Å². The summed E-state index contributed by atoms with van der Waals surface area (Å²) in [5.74, 6) is 1.14. The molecule has 0 bridgehead atoms. The molecule has 0 aromatic carbocycles. The van der Waals surface area contributed by atoms with E-state index in [1.165, 1.54) is 25.7 Å². The number of anilines is 2. The SMILES string of the molecule is CCC1CCCCCN1c1nc(N)c(Cl)cc1Cl. The first-order valence-corrected chi connectivity index (χ1v) is 7.27. The van der Waals surface area contributed by atoms with Crippen molar-refractivity contribution in [2.45, 2.75) is 45.1 Å². The van der Waals surface area contributed by atoms with Crippen LogP contribution in [0.1, 0.15) is 39.0 Å². The minimum absolute atomic E-state index is 0.357. The lowest BCUT2D eigenvalue weighted by molar-refractivity contribution is 0.552. The van der Waals surface area contributed by atoms with Gasteiger partial charge in [-0.05, 0) is 25.3 Å². The van der Waals surface area contributed by atoms with Crippen LogP contribution in [0.4, 0.5) is 11.6 Å². The van der Waals surface area contributed by atoms with Gasteiger partial charge in [0.1, 0.15) is 11.6 Å². The smallest absolute Gasteiger partial charge is 0.150 e. The van der Waals surface area contributed by atoms with Crippen LogP contribution < -0.4 is 10.6 Å². The minimum atomic E-state index is 0.357. The molecule has 2 rings (SSSR count). The van der Waals surface area contributed by atoms with Crippen molar-refractivity contribution in [1.82, 2.24) is 4.98 Å². The third-order valence-corrected chi connectivity index (χ3v) is 4.14. The van der Waals surface area contributed by atoms with Crippen molar-refractivity contribution in [2.75, 3.05) is 17.2 Å². The number of hydrogen-bond acceptors (Lipinski definition) is 3. The Kier molecular flexibility index (Phi) is 4.57. The van der Waals surface area contributed by atoms with Crippen molar-refractivity contribution in [2.24, 2.45) is 0 Å². The van der Waals surface area contributed by atoms with E-state index in [4.69, 9.17) is 28.9 Å². The lowest BCUT2D eigenvalue weighted by Gasteiger charge is -2.31. The molecule has 0 saturated carbocycles. The van der Waals surface area contributed by atoms with Gasteiger partial charge in [-0.15, -0.1) is 0 Å². The van der Waals surface area contributed by atoms with Gasteiger partial charge < -0.3 is 10.6 Å². The molecular formula is C13H19Cl2N3. The fourth-order valence-electron chi connectivity index (χ4n) is 2.55. The van der Waals surface area contributed by atoms with E-state index in [0.29, 0.717) is 21.9 Å². The summed E-state index contributed by atoms with van der Waals surface area (Å²) in [4.78, 5) is 6.67. The number of halogens is 2. The van der Waals surface area contributed by atoms with Crippen molar-refractivity contribution < 1.29 is 0 Å². The van der Waals surface area contributed by atoms with E-state index in [2.05, 4.69) is 16.8 Å². The number of aromatic nitrogens is 1. The summed E-state index contributed by atoms with van der Waals surface area (Å²) < 4.78 is 0. The summed E-state index contributed by atoms with van der Waals surface area (Å²) in [5, 5.41) is 1.01. The Balaban J connectivity index is 2.35. The van der Waals surface area contributed by atoms with Crippen LogP contribution in [0.15, 0.2) is 6.07 Å². The van der Waals surface area contributed by atoms with E-state index >= 15 is 0 Å². The van der Waals surface area contributed by atoms with Gasteiger partial charge in [0.05, 0.1) is 10.0 Å². The van der Waals surface area contributed by atoms with Gasteiger partial charge in [0.15, 0.2) is 0 Å². The lowest BCUT2D eigenvalue weighted by Crippen LogP contribution is -2.35. The van der Waals surface area contributed by atoms with Gasteiger partial charge in [0.2, 0.25) is 0 Å². The molecule has 1 fully saturated rings. The normalized spacial score (nSPS) is 20.8. The predicted molar refractivity (Wildman–Crippen MR) is 78.6 cm³/mol. The first-order valence-electron chi connectivity index (χ1n) is 6.51. The largest absolute Gasteiger partial charge is 0.382 e. The number of nitrogens with zero attached hydrogens (tertiary/aromatic N) is 2. The zero-order valence-corrected chi connectivity index (χ0v) is 12.1. The first-order chi connectivity index (χ1) is 8.63. The molecule has 0 spiro atoms. The molecule has 0 amide bonds.